The molecule has 5 heteroatoms. The Kier molecular flexibility index (Phi) is 4.05. The van der Waals surface area contributed by atoms with Crippen LogP contribution in [-0.4, -0.2) is 42.3 Å². The second kappa shape index (κ2) is 5.99. The molecule has 1 saturated heterocycles. The van der Waals surface area contributed by atoms with Crippen molar-refractivity contribution in [3.8, 4) is 0 Å². The Morgan fingerprint density at radius 3 is 2.77 bits per heavy atom. The van der Waals surface area contributed by atoms with E-state index in [1.165, 1.54) is 0 Å². The lowest BCUT2D eigenvalue weighted by molar-refractivity contribution is 0.0474. The van der Waals surface area contributed by atoms with Gasteiger partial charge in [0.05, 0.1) is 18.2 Å². The van der Waals surface area contributed by atoms with E-state index in [4.69, 9.17) is 9.47 Å². The molecule has 0 bridgehead atoms. The van der Waals surface area contributed by atoms with Gasteiger partial charge in [-0.1, -0.05) is 32.0 Å². The van der Waals surface area contributed by atoms with Crippen LogP contribution in [0.5, 0.6) is 0 Å². The van der Waals surface area contributed by atoms with Crippen molar-refractivity contribution in [2.24, 2.45) is 11.8 Å². The van der Waals surface area contributed by atoms with Gasteiger partial charge >= 0.3 is 12.1 Å². The van der Waals surface area contributed by atoms with Gasteiger partial charge in [0.1, 0.15) is 6.61 Å². The first kappa shape index (κ1) is 14.9. The quantitative estimate of drug-likeness (QED) is 0.785. The van der Waals surface area contributed by atoms with E-state index < -0.39 is 0 Å². The Hall–Kier alpha value is -2.04. The van der Waals surface area contributed by atoms with Crippen LogP contribution in [-0.2, 0) is 9.47 Å². The lowest BCUT2D eigenvalue weighted by atomic mass is 10.0. The number of hydrogen-bond acceptors (Lipinski definition) is 4. The summed E-state index contributed by atoms with van der Waals surface area (Å²) < 4.78 is 10.5. The van der Waals surface area contributed by atoms with Crippen LogP contribution < -0.4 is 0 Å². The fraction of sp³-hybridized carbons (Fsp3) is 0.529. The number of benzene rings is 1. The van der Waals surface area contributed by atoms with E-state index in [1.54, 1.807) is 12.1 Å². The maximum atomic E-state index is 11.9. The molecule has 1 heterocycles. The number of carbonyl (C=O) groups excluding carboxylic acids is 2. The third kappa shape index (κ3) is 2.93. The minimum Gasteiger partial charge on any atom is -0.462 e. The molecule has 1 amide bonds. The second-order valence-corrected chi connectivity index (χ2v) is 6.32. The summed E-state index contributed by atoms with van der Waals surface area (Å²) in [5, 5.41) is 0. The van der Waals surface area contributed by atoms with E-state index in [2.05, 4.69) is 13.8 Å². The predicted molar refractivity (Wildman–Crippen MR) is 80.4 cm³/mol. The summed E-state index contributed by atoms with van der Waals surface area (Å²) in [6.45, 7) is 5.00. The highest BCUT2D eigenvalue weighted by molar-refractivity contribution is 5.89. The summed E-state index contributed by atoms with van der Waals surface area (Å²) in [6.07, 6.45) is 0.640. The van der Waals surface area contributed by atoms with Gasteiger partial charge in [0.2, 0.25) is 0 Å². The molecule has 1 aromatic carbocycles. The van der Waals surface area contributed by atoms with E-state index >= 15 is 0 Å². The lowest BCUT2D eigenvalue weighted by Gasteiger charge is -2.24. The Balaban J connectivity index is 1.52. The zero-order valence-electron chi connectivity index (χ0n) is 12.9. The third-order valence-corrected chi connectivity index (χ3v) is 4.40. The van der Waals surface area contributed by atoms with Gasteiger partial charge < -0.3 is 9.47 Å². The average molecular weight is 303 g/mol. The van der Waals surface area contributed by atoms with Crippen molar-refractivity contribution in [3.63, 3.8) is 0 Å². The number of amides is 1. The number of nitrogens with zero attached hydrogens (tertiary/aromatic N) is 1. The molecule has 1 saturated carbocycles. The summed E-state index contributed by atoms with van der Waals surface area (Å²) >= 11 is 0. The number of carbonyl (C=O) groups is 2. The first-order valence-electron chi connectivity index (χ1n) is 7.75. The molecule has 1 aliphatic carbocycles. The van der Waals surface area contributed by atoms with Gasteiger partial charge in [-0.15, -0.1) is 0 Å². The molecule has 3 atom stereocenters. The van der Waals surface area contributed by atoms with Crippen LogP contribution in [0.2, 0.25) is 0 Å². The molecular weight excluding hydrogens is 282 g/mol. The Morgan fingerprint density at radius 2 is 2.09 bits per heavy atom. The molecule has 0 unspecified atom stereocenters. The molecule has 2 fully saturated rings. The third-order valence-electron chi connectivity index (χ3n) is 4.40. The van der Waals surface area contributed by atoms with Crippen molar-refractivity contribution in [1.82, 2.24) is 4.90 Å². The monoisotopic (exact) mass is 303 g/mol. The van der Waals surface area contributed by atoms with Gasteiger partial charge in [0.15, 0.2) is 0 Å². The second-order valence-electron chi connectivity index (χ2n) is 6.32. The molecule has 118 valence electrons. The fourth-order valence-electron chi connectivity index (χ4n) is 2.93. The Labute approximate surface area is 130 Å². The summed E-state index contributed by atoms with van der Waals surface area (Å²) in [5.74, 6) is 0.273. The van der Waals surface area contributed by atoms with Gasteiger partial charge in [-0.25, -0.2) is 9.59 Å². The first-order valence-corrected chi connectivity index (χ1v) is 7.75. The average Bonchev–Trinajstić information content (AvgIpc) is 3.18. The van der Waals surface area contributed by atoms with Crippen LogP contribution in [0.15, 0.2) is 30.3 Å². The van der Waals surface area contributed by atoms with Crippen LogP contribution in [0.25, 0.3) is 0 Å². The van der Waals surface area contributed by atoms with E-state index in [0.29, 0.717) is 24.7 Å². The molecule has 0 spiro atoms. The molecule has 0 radical (unpaired) electrons. The Bertz CT molecular complexity index is 557. The van der Waals surface area contributed by atoms with Crippen LogP contribution in [0, 0.1) is 11.8 Å². The normalized spacial score (nSPS) is 27.0. The molecule has 1 aromatic rings. The molecular formula is C17H21NO4. The van der Waals surface area contributed by atoms with E-state index in [1.807, 2.05) is 23.1 Å². The van der Waals surface area contributed by atoms with Gasteiger partial charge in [0, 0.05) is 12.0 Å². The van der Waals surface area contributed by atoms with E-state index in [0.717, 1.165) is 6.42 Å². The van der Waals surface area contributed by atoms with Crippen LogP contribution in [0.4, 0.5) is 4.79 Å². The summed E-state index contributed by atoms with van der Waals surface area (Å²) in [4.78, 5) is 25.6. The van der Waals surface area contributed by atoms with Crippen molar-refractivity contribution in [2.45, 2.75) is 32.4 Å². The fourth-order valence-corrected chi connectivity index (χ4v) is 2.93. The largest absolute Gasteiger partial charge is 0.462 e. The number of ether oxygens (including phenoxy) is 2. The molecule has 0 N–H and O–H groups in total. The topological polar surface area (TPSA) is 55.8 Å². The van der Waals surface area contributed by atoms with Gasteiger partial charge in [-0.3, -0.25) is 4.90 Å². The van der Waals surface area contributed by atoms with Crippen LogP contribution >= 0.6 is 0 Å². The highest BCUT2D eigenvalue weighted by Crippen LogP contribution is 2.40. The van der Waals surface area contributed by atoms with Crippen molar-refractivity contribution in [3.05, 3.63) is 35.9 Å². The summed E-state index contributed by atoms with van der Waals surface area (Å²) in [6, 6.07) is 9.23. The highest BCUT2D eigenvalue weighted by atomic mass is 16.6. The molecule has 2 aliphatic rings. The lowest BCUT2D eigenvalue weighted by Crippen LogP contribution is -2.39. The number of cyclic esters (lactones) is 1. The predicted octanol–water partition coefficient (Wildman–Crippen LogP) is 2.71. The minimum atomic E-state index is -0.310. The van der Waals surface area contributed by atoms with Gasteiger partial charge in [-0.2, -0.15) is 0 Å². The standard InChI is InChI=1S/C17H21NO4/c1-11(2)15-10-22-17(20)18(15)14-8-13(14)9-21-16(19)12-6-4-3-5-7-12/h3-7,11,13-15H,8-10H2,1-2H3/t13-,14+,15+/m0/s1. The SMILES string of the molecule is CC(C)[C@H]1COC(=O)N1[C@@H]1C[C@H]1COC(=O)c1ccccc1. The smallest absolute Gasteiger partial charge is 0.410 e. The van der Waals surface area contributed by atoms with Crippen LogP contribution in [0.3, 0.4) is 0 Å². The maximum Gasteiger partial charge on any atom is 0.410 e. The van der Waals surface area contributed by atoms with Gasteiger partial charge in [-0.05, 0) is 24.5 Å². The number of rotatable bonds is 5. The highest BCUT2D eigenvalue weighted by Gasteiger charge is 2.51. The summed E-state index contributed by atoms with van der Waals surface area (Å²) in [5.41, 5.74) is 0.556. The van der Waals surface area contributed by atoms with E-state index in [-0.39, 0.29) is 30.1 Å². The maximum absolute atomic E-state index is 11.9. The molecule has 3 rings (SSSR count). The molecule has 0 aromatic heterocycles. The van der Waals surface area contributed by atoms with Gasteiger partial charge in [0.25, 0.3) is 0 Å². The molecule has 5 nitrogen and oxygen atoms in total. The van der Waals surface area contributed by atoms with Crippen molar-refractivity contribution >= 4 is 12.1 Å². The Morgan fingerprint density at radius 1 is 1.36 bits per heavy atom. The zero-order valence-corrected chi connectivity index (χ0v) is 12.9. The first-order chi connectivity index (χ1) is 10.6. The van der Waals surface area contributed by atoms with E-state index in [9.17, 15) is 9.59 Å². The van der Waals surface area contributed by atoms with Crippen molar-refractivity contribution in [1.29, 1.82) is 0 Å². The molecule has 1 aliphatic heterocycles. The number of esters is 1. The molecule has 22 heavy (non-hydrogen) atoms. The number of hydrogen-bond donors (Lipinski definition) is 0. The summed E-state index contributed by atoms with van der Waals surface area (Å²) in [7, 11) is 0. The zero-order chi connectivity index (χ0) is 15.7. The minimum absolute atomic E-state index is 0.132. The van der Waals surface area contributed by atoms with Crippen molar-refractivity contribution < 1.29 is 19.1 Å². The van der Waals surface area contributed by atoms with Crippen LogP contribution in [0.1, 0.15) is 30.6 Å². The van der Waals surface area contributed by atoms with Crippen molar-refractivity contribution in [2.75, 3.05) is 13.2 Å².